The number of aliphatic hydroxyl groups is 6. The van der Waals surface area contributed by atoms with Gasteiger partial charge in [-0.15, -0.1) is 4.33 Å². The molecule has 0 spiro atoms. The van der Waals surface area contributed by atoms with Crippen molar-refractivity contribution in [2.75, 3.05) is 18.1 Å². The minimum atomic E-state index is -4.74. The zero-order chi connectivity index (χ0) is 18.2. The molecule has 2 rings (SSSR count). The Hall–Kier alpha value is -0.0600. The van der Waals surface area contributed by atoms with E-state index in [0.717, 1.165) is 0 Å². The molecule has 2 unspecified atom stereocenters. The highest BCUT2D eigenvalue weighted by atomic mass is 32.2. The van der Waals surface area contributed by atoms with Crippen LogP contribution in [0.15, 0.2) is 0 Å². The Morgan fingerprint density at radius 3 is 2.25 bits per heavy atom. The summed E-state index contributed by atoms with van der Waals surface area (Å²) in [5, 5.41) is 63.9. The van der Waals surface area contributed by atoms with E-state index >= 15 is 0 Å². The van der Waals surface area contributed by atoms with Gasteiger partial charge in [-0.1, -0.05) is 0 Å². The van der Waals surface area contributed by atoms with E-state index in [4.69, 9.17) is 9.99 Å². The second kappa shape index (κ2) is 7.67. The maximum atomic E-state index is 11.8. The minimum Gasteiger partial charge on any atom is -0.391 e. The molecule has 0 aromatic rings. The summed E-state index contributed by atoms with van der Waals surface area (Å²) in [7, 11) is -5.64. The van der Waals surface area contributed by atoms with E-state index in [1.165, 1.54) is 0 Å². The van der Waals surface area contributed by atoms with E-state index in [1.807, 2.05) is 0 Å². The Balaban J connectivity index is 2.25. The first-order valence-corrected chi connectivity index (χ1v) is 10.1. The zero-order valence-electron chi connectivity index (χ0n) is 12.3. The normalized spacial score (nSPS) is 47.0. The fourth-order valence-electron chi connectivity index (χ4n) is 2.96. The lowest BCUT2D eigenvalue weighted by atomic mass is 10.0. The van der Waals surface area contributed by atoms with Crippen molar-refractivity contribution >= 4 is 21.0 Å². The fourth-order valence-corrected chi connectivity index (χ4v) is 6.98. The second-order valence-corrected chi connectivity index (χ2v) is 9.75. The molecule has 7 N–H and O–H groups in total. The van der Waals surface area contributed by atoms with Crippen LogP contribution in [0.5, 0.6) is 0 Å². The molecule has 13 heteroatoms. The molecule has 2 saturated heterocycles. The number of hydrogen-bond acceptors (Lipinski definition) is 11. The largest absolute Gasteiger partial charge is 0.391 e. The third-order valence-corrected chi connectivity index (χ3v) is 8.51. The molecule has 0 aromatic carbocycles. The highest BCUT2D eigenvalue weighted by molar-refractivity contribution is 7.98. The Labute approximate surface area is 140 Å². The van der Waals surface area contributed by atoms with Crippen molar-refractivity contribution < 1.29 is 53.4 Å². The van der Waals surface area contributed by atoms with Crippen LogP contribution in [0, 0.1) is 0 Å². The third kappa shape index (κ3) is 3.71. The van der Waals surface area contributed by atoms with E-state index in [2.05, 4.69) is 4.33 Å². The minimum absolute atomic E-state index is 0.0632. The van der Waals surface area contributed by atoms with Crippen LogP contribution in [-0.2, 0) is 30.1 Å². The Bertz CT molecular complexity index is 528. The summed E-state index contributed by atoms with van der Waals surface area (Å²) in [5.74, 6) is -0.0960. The molecular formula is C11H21O11S2+. The SMILES string of the molecule is O=S(=O)(OO)[C@H]1[C@H](O)[C@@H](O)C(O)O[C@@H]1C[S+]1C[C@@H](O)[C@H](O)[C@H]1CO. The quantitative estimate of drug-likeness (QED) is 0.135. The van der Waals surface area contributed by atoms with E-state index in [-0.39, 0.29) is 11.5 Å². The summed E-state index contributed by atoms with van der Waals surface area (Å²) in [6.45, 7) is -0.463. The van der Waals surface area contributed by atoms with Gasteiger partial charge in [-0.05, 0) is 0 Å². The van der Waals surface area contributed by atoms with Crippen LogP contribution in [0.25, 0.3) is 0 Å². The number of rotatable bonds is 5. The van der Waals surface area contributed by atoms with Crippen molar-refractivity contribution in [2.24, 2.45) is 0 Å². The van der Waals surface area contributed by atoms with E-state index < -0.39 is 74.9 Å². The van der Waals surface area contributed by atoms with Crippen molar-refractivity contribution in [3.8, 4) is 0 Å². The van der Waals surface area contributed by atoms with Gasteiger partial charge in [-0.3, -0.25) is 0 Å². The summed E-state index contributed by atoms with van der Waals surface area (Å²) in [5.41, 5.74) is 0. The van der Waals surface area contributed by atoms with Gasteiger partial charge in [0.15, 0.2) is 11.5 Å². The molecule has 2 fully saturated rings. The maximum absolute atomic E-state index is 11.8. The maximum Gasteiger partial charge on any atom is 0.301 e. The van der Waals surface area contributed by atoms with Crippen molar-refractivity contribution in [1.29, 1.82) is 0 Å². The molecule has 0 amide bonds. The Morgan fingerprint density at radius 1 is 1.08 bits per heavy atom. The number of aliphatic hydroxyl groups excluding tert-OH is 6. The van der Waals surface area contributed by atoms with Gasteiger partial charge in [-0.2, -0.15) is 8.42 Å². The van der Waals surface area contributed by atoms with Crippen LogP contribution < -0.4 is 0 Å². The van der Waals surface area contributed by atoms with Crippen molar-refractivity contribution in [3.05, 3.63) is 0 Å². The standard InChI is InChI=1S/C11H20O11S2/c12-1-6-7(14)4(13)2-23(6)3-5-10(24(19,20)22-18)8(15)9(16)11(17)21-5/h4-17H,1-3H2/p+1/t4-,5-,6-,7+,8-,9-,10-,11?,23?/m1/s1. The predicted octanol–water partition coefficient (Wildman–Crippen LogP) is -4.67. The molecular weight excluding hydrogens is 372 g/mol. The fraction of sp³-hybridized carbons (Fsp3) is 1.00. The van der Waals surface area contributed by atoms with Gasteiger partial charge < -0.3 is 35.4 Å². The summed E-state index contributed by atoms with van der Waals surface area (Å²) >= 11 is 0. The highest BCUT2D eigenvalue weighted by Gasteiger charge is 2.57. The number of ether oxygens (including phenoxy) is 1. The van der Waals surface area contributed by atoms with Crippen molar-refractivity contribution in [1.82, 2.24) is 0 Å². The molecule has 24 heavy (non-hydrogen) atoms. The molecule has 11 nitrogen and oxygen atoms in total. The van der Waals surface area contributed by atoms with Gasteiger partial charge in [0.2, 0.25) is 0 Å². The lowest BCUT2D eigenvalue weighted by molar-refractivity contribution is -0.242. The van der Waals surface area contributed by atoms with Crippen LogP contribution in [0.1, 0.15) is 0 Å². The van der Waals surface area contributed by atoms with Gasteiger partial charge in [0.1, 0.15) is 47.3 Å². The van der Waals surface area contributed by atoms with Crippen LogP contribution in [-0.4, -0.2) is 110 Å². The molecule has 9 atom stereocenters. The van der Waals surface area contributed by atoms with Gasteiger partial charge in [0.25, 0.3) is 0 Å². The summed E-state index contributed by atoms with van der Waals surface area (Å²) in [6.07, 6.45) is -9.52. The molecule has 0 radical (unpaired) electrons. The molecule has 0 bridgehead atoms. The van der Waals surface area contributed by atoms with Crippen LogP contribution >= 0.6 is 0 Å². The molecule has 2 aliphatic rings. The van der Waals surface area contributed by atoms with Crippen molar-refractivity contribution in [2.45, 2.75) is 47.3 Å². The first kappa shape index (κ1) is 20.3. The van der Waals surface area contributed by atoms with Crippen LogP contribution in [0.2, 0.25) is 0 Å². The predicted molar refractivity (Wildman–Crippen MR) is 79.3 cm³/mol. The smallest absolute Gasteiger partial charge is 0.301 e. The molecule has 2 heterocycles. The molecule has 2 aliphatic heterocycles. The van der Waals surface area contributed by atoms with Gasteiger partial charge in [0.05, 0.1) is 6.61 Å². The first-order valence-electron chi connectivity index (χ1n) is 7.03. The monoisotopic (exact) mass is 393 g/mol. The molecule has 142 valence electrons. The topological polar surface area (TPSA) is 194 Å². The Morgan fingerprint density at radius 2 is 1.71 bits per heavy atom. The van der Waals surface area contributed by atoms with E-state index in [1.54, 1.807) is 0 Å². The van der Waals surface area contributed by atoms with E-state index in [9.17, 15) is 39.1 Å². The number of hydrogen-bond donors (Lipinski definition) is 7. The van der Waals surface area contributed by atoms with Gasteiger partial charge in [-0.25, -0.2) is 5.26 Å². The van der Waals surface area contributed by atoms with E-state index in [0.29, 0.717) is 0 Å². The first-order chi connectivity index (χ1) is 11.1. The molecule has 0 aromatic heterocycles. The van der Waals surface area contributed by atoms with Gasteiger partial charge >= 0.3 is 10.1 Å². The van der Waals surface area contributed by atoms with Crippen molar-refractivity contribution in [3.63, 3.8) is 0 Å². The van der Waals surface area contributed by atoms with Crippen LogP contribution in [0.3, 0.4) is 0 Å². The summed E-state index contributed by atoms with van der Waals surface area (Å²) in [6, 6.07) is 0. The van der Waals surface area contributed by atoms with Gasteiger partial charge in [0, 0.05) is 10.9 Å². The average molecular weight is 393 g/mol. The zero-order valence-corrected chi connectivity index (χ0v) is 14.0. The average Bonchev–Trinajstić information content (AvgIpc) is 2.78. The summed E-state index contributed by atoms with van der Waals surface area (Å²) in [4.78, 5) is 0. The third-order valence-electron chi connectivity index (χ3n) is 4.24. The summed E-state index contributed by atoms with van der Waals surface area (Å²) < 4.78 is 32.1. The molecule has 0 saturated carbocycles. The highest BCUT2D eigenvalue weighted by Crippen LogP contribution is 2.31. The van der Waals surface area contributed by atoms with Crippen LogP contribution in [0.4, 0.5) is 0 Å². The second-order valence-electron chi connectivity index (χ2n) is 5.73. The Kier molecular flexibility index (Phi) is 6.47. The lowest BCUT2D eigenvalue weighted by Gasteiger charge is -2.38. The lowest BCUT2D eigenvalue weighted by Crippen LogP contribution is -2.62. The molecule has 0 aliphatic carbocycles.